The van der Waals surface area contributed by atoms with Gasteiger partial charge in [-0.15, -0.1) is 0 Å². The lowest BCUT2D eigenvalue weighted by Crippen LogP contribution is -2.48. The maximum atomic E-state index is 12.3. The molecule has 0 aliphatic carbocycles. The fourth-order valence-electron chi connectivity index (χ4n) is 3.84. The number of hydrogen-bond donors (Lipinski definition) is 2. The number of hydrogen-bond acceptors (Lipinski definition) is 4. The van der Waals surface area contributed by atoms with E-state index in [-0.39, 0.29) is 12.8 Å². The first-order valence-corrected chi connectivity index (χ1v) is 14.0. The van der Waals surface area contributed by atoms with Crippen molar-refractivity contribution in [3.8, 4) is 0 Å². The van der Waals surface area contributed by atoms with Crippen LogP contribution in [0.2, 0.25) is 0 Å². The molecule has 174 valence electrons. The van der Waals surface area contributed by atoms with Crippen LogP contribution in [0.5, 0.6) is 0 Å². The molecule has 0 aromatic heterocycles. The smallest absolute Gasteiger partial charge is 0.284 e. The fourth-order valence-corrected chi connectivity index (χ4v) is 6.39. The van der Waals surface area contributed by atoms with E-state index in [4.69, 9.17) is 0 Å². The summed E-state index contributed by atoms with van der Waals surface area (Å²) in [6.07, 6.45) is 9.20. The van der Waals surface area contributed by atoms with E-state index in [9.17, 15) is 25.9 Å². The average Bonchev–Trinajstić information content (AvgIpc) is 2.66. The summed E-state index contributed by atoms with van der Waals surface area (Å²) in [5, 5.41) is 0. The third-order valence-electron chi connectivity index (χ3n) is 5.73. The SMILES string of the molecule is CCCCCCCCc1ccccc1CC(CCCCCC)(S(=O)(=O)O)S(=O)(=O)O. The summed E-state index contributed by atoms with van der Waals surface area (Å²) in [5.41, 5.74) is 1.40. The maximum Gasteiger partial charge on any atom is 0.288 e. The van der Waals surface area contributed by atoms with Crippen LogP contribution >= 0.6 is 0 Å². The van der Waals surface area contributed by atoms with Gasteiger partial charge in [0.25, 0.3) is 20.2 Å². The highest BCUT2D eigenvalue weighted by Gasteiger charge is 2.54. The van der Waals surface area contributed by atoms with Crippen molar-refractivity contribution in [2.75, 3.05) is 0 Å². The van der Waals surface area contributed by atoms with Gasteiger partial charge in [0.2, 0.25) is 4.08 Å². The molecule has 1 rings (SSSR count). The summed E-state index contributed by atoms with van der Waals surface area (Å²) in [5.74, 6) is 0. The Morgan fingerprint density at radius 1 is 0.700 bits per heavy atom. The van der Waals surface area contributed by atoms with Gasteiger partial charge in [-0.1, -0.05) is 95.9 Å². The monoisotopic (exact) mass is 462 g/mol. The first kappa shape index (κ1) is 27.1. The van der Waals surface area contributed by atoms with Gasteiger partial charge in [-0.25, -0.2) is 0 Å². The summed E-state index contributed by atoms with van der Waals surface area (Å²) in [6.45, 7) is 4.15. The minimum absolute atomic E-state index is 0.285. The first-order chi connectivity index (χ1) is 14.1. The molecule has 6 nitrogen and oxygen atoms in total. The second-order valence-electron chi connectivity index (χ2n) is 8.13. The molecule has 0 bridgehead atoms. The largest absolute Gasteiger partial charge is 0.288 e. The molecule has 0 unspecified atom stereocenters. The summed E-state index contributed by atoms with van der Waals surface area (Å²) in [4.78, 5) is 0. The van der Waals surface area contributed by atoms with Crippen LogP contribution in [0.25, 0.3) is 0 Å². The highest BCUT2D eigenvalue weighted by Crippen LogP contribution is 2.35. The van der Waals surface area contributed by atoms with Crippen molar-refractivity contribution in [2.45, 2.75) is 101 Å². The number of aryl methyl sites for hydroxylation is 1. The Labute approximate surface area is 183 Å². The van der Waals surface area contributed by atoms with Crippen molar-refractivity contribution in [1.82, 2.24) is 0 Å². The van der Waals surface area contributed by atoms with Crippen LogP contribution in [-0.4, -0.2) is 30.0 Å². The van der Waals surface area contributed by atoms with Gasteiger partial charge in [0, 0.05) is 6.42 Å². The lowest BCUT2D eigenvalue weighted by atomic mass is 9.96. The summed E-state index contributed by atoms with van der Waals surface area (Å²) in [6, 6.07) is 7.09. The molecule has 0 saturated carbocycles. The molecule has 0 fully saturated rings. The van der Waals surface area contributed by atoms with Gasteiger partial charge in [-0.05, 0) is 30.4 Å². The molecule has 2 N–H and O–H groups in total. The molecule has 8 heteroatoms. The molecule has 0 atom stereocenters. The Balaban J connectivity index is 3.09. The van der Waals surface area contributed by atoms with Gasteiger partial charge in [0.15, 0.2) is 0 Å². The third-order valence-corrected chi connectivity index (χ3v) is 9.57. The molecule has 0 amide bonds. The lowest BCUT2D eigenvalue weighted by molar-refractivity contribution is 0.403. The molecule has 0 saturated heterocycles. The van der Waals surface area contributed by atoms with Crippen LogP contribution in [0.1, 0.15) is 95.6 Å². The van der Waals surface area contributed by atoms with E-state index in [1.807, 2.05) is 19.1 Å². The van der Waals surface area contributed by atoms with Crippen molar-refractivity contribution in [2.24, 2.45) is 0 Å². The molecule has 0 spiro atoms. The van der Waals surface area contributed by atoms with E-state index in [2.05, 4.69) is 6.92 Å². The fraction of sp³-hybridized carbons (Fsp3) is 0.727. The Hall–Kier alpha value is -0.960. The van der Waals surface area contributed by atoms with Crippen LogP contribution in [0.3, 0.4) is 0 Å². The lowest BCUT2D eigenvalue weighted by Gasteiger charge is -2.28. The zero-order chi connectivity index (χ0) is 22.7. The molecule has 0 aliphatic heterocycles. The molecule has 30 heavy (non-hydrogen) atoms. The standard InChI is InChI=1S/C22H38O6S2/c1-3-5-7-9-10-11-15-20-16-12-13-17-21(20)19-22(29(23,24)25,30(26,27)28)18-14-8-6-4-2/h12-13,16-17H,3-11,14-15,18-19H2,1-2H3,(H,23,24,25)(H,26,27,28). The molecular weight excluding hydrogens is 424 g/mol. The highest BCUT2D eigenvalue weighted by atomic mass is 32.3. The van der Waals surface area contributed by atoms with Gasteiger partial charge >= 0.3 is 0 Å². The zero-order valence-corrected chi connectivity index (χ0v) is 20.0. The van der Waals surface area contributed by atoms with Crippen LogP contribution in [0.15, 0.2) is 24.3 Å². The average molecular weight is 463 g/mol. The predicted octanol–water partition coefficient (Wildman–Crippen LogP) is 5.57. The van der Waals surface area contributed by atoms with Gasteiger partial charge in [0.05, 0.1) is 0 Å². The van der Waals surface area contributed by atoms with E-state index < -0.39 is 30.7 Å². The van der Waals surface area contributed by atoms with Gasteiger partial charge in [-0.3, -0.25) is 9.11 Å². The molecule has 1 aromatic carbocycles. The van der Waals surface area contributed by atoms with Crippen molar-refractivity contribution in [1.29, 1.82) is 0 Å². The van der Waals surface area contributed by atoms with Gasteiger partial charge < -0.3 is 0 Å². The number of rotatable bonds is 16. The van der Waals surface area contributed by atoms with Gasteiger partial charge in [0.1, 0.15) is 0 Å². The second kappa shape index (κ2) is 12.8. The van der Waals surface area contributed by atoms with Crippen LogP contribution in [0, 0.1) is 0 Å². The Morgan fingerprint density at radius 3 is 1.70 bits per heavy atom. The topological polar surface area (TPSA) is 109 Å². The second-order valence-corrected chi connectivity index (χ2v) is 11.9. The molecular formula is C22H38O6S2. The minimum Gasteiger partial charge on any atom is -0.284 e. The van der Waals surface area contributed by atoms with E-state index in [0.717, 1.165) is 37.7 Å². The minimum atomic E-state index is -5.06. The van der Waals surface area contributed by atoms with Gasteiger partial charge in [-0.2, -0.15) is 16.8 Å². The number of benzene rings is 1. The molecule has 0 radical (unpaired) electrons. The Kier molecular flexibility index (Phi) is 11.5. The first-order valence-electron chi connectivity index (χ1n) is 11.1. The van der Waals surface area contributed by atoms with Crippen molar-refractivity contribution in [3.05, 3.63) is 35.4 Å². The molecule has 0 heterocycles. The van der Waals surface area contributed by atoms with Crippen LogP contribution in [0.4, 0.5) is 0 Å². The van der Waals surface area contributed by atoms with Crippen LogP contribution < -0.4 is 0 Å². The third kappa shape index (κ3) is 7.94. The quantitative estimate of drug-likeness (QED) is 0.245. The zero-order valence-electron chi connectivity index (χ0n) is 18.3. The Morgan fingerprint density at radius 2 is 1.17 bits per heavy atom. The predicted molar refractivity (Wildman–Crippen MR) is 122 cm³/mol. The van der Waals surface area contributed by atoms with E-state index in [1.54, 1.807) is 12.1 Å². The van der Waals surface area contributed by atoms with Crippen LogP contribution in [-0.2, 0) is 33.1 Å². The number of unbranched alkanes of at least 4 members (excludes halogenated alkanes) is 8. The van der Waals surface area contributed by atoms with E-state index >= 15 is 0 Å². The summed E-state index contributed by atoms with van der Waals surface area (Å²) in [7, 11) is -10.1. The highest BCUT2D eigenvalue weighted by molar-refractivity contribution is 8.05. The Bertz CT molecular complexity index is 799. The molecule has 0 aliphatic rings. The van der Waals surface area contributed by atoms with E-state index in [1.165, 1.54) is 19.3 Å². The van der Waals surface area contributed by atoms with Crippen molar-refractivity contribution < 1.29 is 25.9 Å². The van der Waals surface area contributed by atoms with Crippen molar-refractivity contribution in [3.63, 3.8) is 0 Å². The normalized spacial score (nSPS) is 12.9. The summed E-state index contributed by atoms with van der Waals surface area (Å²) >= 11 is 0. The van der Waals surface area contributed by atoms with Crippen molar-refractivity contribution >= 4 is 20.2 Å². The molecule has 1 aromatic rings. The van der Waals surface area contributed by atoms with E-state index in [0.29, 0.717) is 18.4 Å². The maximum absolute atomic E-state index is 12.3. The summed E-state index contributed by atoms with van der Waals surface area (Å²) < 4.78 is 66.2.